The molecule has 20 heavy (non-hydrogen) atoms. The summed E-state index contributed by atoms with van der Waals surface area (Å²) < 4.78 is 16.1. The van der Waals surface area contributed by atoms with Crippen LogP contribution in [-0.4, -0.2) is 17.3 Å². The summed E-state index contributed by atoms with van der Waals surface area (Å²) in [6, 6.07) is 7.16. The van der Waals surface area contributed by atoms with Crippen molar-refractivity contribution in [2.24, 2.45) is 5.92 Å². The highest BCUT2D eigenvalue weighted by atomic mass is 16.5. The minimum atomic E-state index is -0.0657. The summed E-state index contributed by atoms with van der Waals surface area (Å²) in [5, 5.41) is 3.96. The Morgan fingerprint density at radius 3 is 2.75 bits per heavy atom. The van der Waals surface area contributed by atoms with Crippen LogP contribution in [0.5, 0.6) is 5.75 Å². The predicted octanol–water partition coefficient (Wildman–Crippen LogP) is 2.33. The summed E-state index contributed by atoms with van der Waals surface area (Å²) in [5.74, 6) is 2.28. The van der Waals surface area contributed by atoms with Crippen LogP contribution in [0, 0.1) is 5.92 Å². The van der Waals surface area contributed by atoms with Crippen molar-refractivity contribution >= 4 is 5.69 Å². The van der Waals surface area contributed by atoms with E-state index in [1.165, 1.54) is 0 Å². The van der Waals surface area contributed by atoms with Gasteiger partial charge in [-0.05, 0) is 43.0 Å². The first-order valence-corrected chi connectivity index (χ1v) is 6.60. The van der Waals surface area contributed by atoms with E-state index in [4.69, 9.17) is 19.7 Å². The lowest BCUT2D eigenvalue weighted by molar-refractivity contribution is 0.0751. The second-order valence-electron chi connectivity index (χ2n) is 4.90. The van der Waals surface area contributed by atoms with Gasteiger partial charge in [0.1, 0.15) is 11.9 Å². The first-order valence-electron chi connectivity index (χ1n) is 6.60. The number of benzene rings is 1. The molecule has 0 bridgehead atoms. The fourth-order valence-electron chi connectivity index (χ4n) is 2.06. The molecule has 6 nitrogen and oxygen atoms in total. The van der Waals surface area contributed by atoms with Crippen LogP contribution in [0.1, 0.15) is 30.7 Å². The Labute approximate surface area is 116 Å². The van der Waals surface area contributed by atoms with E-state index in [-0.39, 0.29) is 12.7 Å². The molecule has 1 aromatic carbocycles. The van der Waals surface area contributed by atoms with E-state index < -0.39 is 0 Å². The van der Waals surface area contributed by atoms with Crippen LogP contribution < -0.4 is 10.5 Å². The molecule has 0 amide bonds. The van der Waals surface area contributed by atoms with Crippen LogP contribution in [0.25, 0.3) is 0 Å². The minimum absolute atomic E-state index is 0.0657. The standard InChI is InChI=1S/C14H17N3O3/c1-18-13(9-2-3-9)14-16-12(20-17-14)8-19-11-6-4-10(15)5-7-11/h4-7,9,13H,2-3,8,15H2,1H3. The molecule has 0 spiro atoms. The van der Waals surface area contributed by atoms with Crippen LogP contribution in [0.2, 0.25) is 0 Å². The molecule has 2 aromatic rings. The molecule has 0 radical (unpaired) electrons. The van der Waals surface area contributed by atoms with Gasteiger partial charge in [0.15, 0.2) is 6.61 Å². The number of hydrogen-bond acceptors (Lipinski definition) is 6. The van der Waals surface area contributed by atoms with Crippen molar-refractivity contribution in [3.8, 4) is 5.75 Å². The summed E-state index contributed by atoms with van der Waals surface area (Å²) in [5.41, 5.74) is 6.31. The van der Waals surface area contributed by atoms with Crippen molar-refractivity contribution in [2.75, 3.05) is 12.8 Å². The van der Waals surface area contributed by atoms with Gasteiger partial charge in [-0.1, -0.05) is 5.16 Å². The third-order valence-corrected chi connectivity index (χ3v) is 3.28. The topological polar surface area (TPSA) is 83.4 Å². The van der Waals surface area contributed by atoms with Gasteiger partial charge in [0, 0.05) is 12.8 Å². The molecular formula is C14H17N3O3. The maximum Gasteiger partial charge on any atom is 0.264 e. The molecule has 6 heteroatoms. The van der Waals surface area contributed by atoms with E-state index in [0.717, 1.165) is 12.8 Å². The van der Waals surface area contributed by atoms with Crippen LogP contribution >= 0.6 is 0 Å². The van der Waals surface area contributed by atoms with Gasteiger partial charge >= 0.3 is 0 Å². The Morgan fingerprint density at radius 1 is 1.35 bits per heavy atom. The molecule has 1 unspecified atom stereocenters. The fraction of sp³-hybridized carbons (Fsp3) is 0.429. The molecule has 1 fully saturated rings. The molecule has 106 valence electrons. The highest BCUT2D eigenvalue weighted by Crippen LogP contribution is 2.41. The summed E-state index contributed by atoms with van der Waals surface area (Å²) in [6.45, 7) is 0.234. The van der Waals surface area contributed by atoms with Gasteiger partial charge in [-0.2, -0.15) is 4.98 Å². The van der Waals surface area contributed by atoms with Crippen molar-refractivity contribution in [3.63, 3.8) is 0 Å². The normalized spacial score (nSPS) is 16.1. The smallest absolute Gasteiger partial charge is 0.264 e. The van der Waals surface area contributed by atoms with E-state index in [0.29, 0.717) is 29.1 Å². The summed E-state index contributed by atoms with van der Waals surface area (Å²) >= 11 is 0. The Bertz CT molecular complexity index is 563. The lowest BCUT2D eigenvalue weighted by atomic mass is 10.2. The van der Waals surface area contributed by atoms with E-state index in [2.05, 4.69) is 10.1 Å². The number of ether oxygens (including phenoxy) is 2. The number of nitrogen functional groups attached to an aromatic ring is 1. The van der Waals surface area contributed by atoms with Gasteiger partial charge in [-0.25, -0.2) is 0 Å². The fourth-order valence-corrected chi connectivity index (χ4v) is 2.06. The lowest BCUT2D eigenvalue weighted by Gasteiger charge is -2.08. The van der Waals surface area contributed by atoms with E-state index >= 15 is 0 Å². The van der Waals surface area contributed by atoms with E-state index in [1.54, 1.807) is 31.4 Å². The second kappa shape index (κ2) is 5.50. The first-order chi connectivity index (χ1) is 9.76. The summed E-state index contributed by atoms with van der Waals surface area (Å²) in [4.78, 5) is 4.32. The first kappa shape index (κ1) is 12.9. The molecule has 1 saturated carbocycles. The Balaban J connectivity index is 1.60. The third kappa shape index (κ3) is 2.91. The summed E-state index contributed by atoms with van der Waals surface area (Å²) in [7, 11) is 1.67. The van der Waals surface area contributed by atoms with Crippen molar-refractivity contribution < 1.29 is 14.0 Å². The average molecular weight is 275 g/mol. The minimum Gasteiger partial charge on any atom is -0.484 e. The summed E-state index contributed by atoms with van der Waals surface area (Å²) in [6.07, 6.45) is 2.25. The Kier molecular flexibility index (Phi) is 3.56. The van der Waals surface area contributed by atoms with Crippen molar-refractivity contribution in [2.45, 2.75) is 25.6 Å². The zero-order valence-electron chi connectivity index (χ0n) is 11.3. The quantitative estimate of drug-likeness (QED) is 0.814. The van der Waals surface area contributed by atoms with Crippen molar-refractivity contribution in [1.29, 1.82) is 0 Å². The third-order valence-electron chi connectivity index (χ3n) is 3.28. The van der Waals surface area contributed by atoms with E-state index in [1.807, 2.05) is 0 Å². The molecule has 3 rings (SSSR count). The Morgan fingerprint density at radius 2 is 2.10 bits per heavy atom. The highest BCUT2D eigenvalue weighted by molar-refractivity contribution is 5.41. The van der Waals surface area contributed by atoms with Crippen molar-refractivity contribution in [1.82, 2.24) is 10.1 Å². The number of nitrogens with zero attached hydrogens (tertiary/aromatic N) is 2. The van der Waals surface area contributed by atoms with Gasteiger partial charge in [-0.15, -0.1) is 0 Å². The van der Waals surface area contributed by atoms with Crippen LogP contribution in [0.3, 0.4) is 0 Å². The SMILES string of the molecule is COC(c1noc(COc2ccc(N)cc2)n1)C1CC1. The number of anilines is 1. The number of aromatic nitrogens is 2. The van der Waals surface area contributed by atoms with Crippen molar-refractivity contribution in [3.05, 3.63) is 36.0 Å². The molecular weight excluding hydrogens is 258 g/mol. The van der Waals surface area contributed by atoms with Crippen LogP contribution in [0.4, 0.5) is 5.69 Å². The molecule has 0 saturated heterocycles. The molecule has 1 heterocycles. The molecule has 2 N–H and O–H groups in total. The largest absolute Gasteiger partial charge is 0.484 e. The molecule has 1 atom stereocenters. The monoisotopic (exact) mass is 275 g/mol. The Hall–Kier alpha value is -2.08. The van der Waals surface area contributed by atoms with Crippen LogP contribution in [-0.2, 0) is 11.3 Å². The number of rotatable bonds is 6. The number of methoxy groups -OCH3 is 1. The molecule has 1 aliphatic rings. The zero-order chi connectivity index (χ0) is 13.9. The predicted molar refractivity (Wildman–Crippen MR) is 72.0 cm³/mol. The zero-order valence-corrected chi connectivity index (χ0v) is 11.3. The maximum atomic E-state index is 5.61. The molecule has 1 aromatic heterocycles. The number of nitrogens with two attached hydrogens (primary N) is 1. The molecule has 0 aliphatic heterocycles. The number of hydrogen-bond donors (Lipinski definition) is 1. The van der Waals surface area contributed by atoms with E-state index in [9.17, 15) is 0 Å². The molecule has 1 aliphatic carbocycles. The lowest BCUT2D eigenvalue weighted by Crippen LogP contribution is -2.06. The average Bonchev–Trinajstić information content (AvgIpc) is 3.18. The van der Waals surface area contributed by atoms with Gasteiger partial charge in [0.2, 0.25) is 5.82 Å². The van der Waals surface area contributed by atoms with Gasteiger partial charge in [-0.3, -0.25) is 0 Å². The van der Waals surface area contributed by atoms with Gasteiger partial charge < -0.3 is 19.7 Å². The maximum absolute atomic E-state index is 5.61. The highest BCUT2D eigenvalue weighted by Gasteiger charge is 2.35. The van der Waals surface area contributed by atoms with Gasteiger partial charge in [0.25, 0.3) is 5.89 Å². The second-order valence-corrected chi connectivity index (χ2v) is 4.90. The van der Waals surface area contributed by atoms with Crippen LogP contribution in [0.15, 0.2) is 28.8 Å². The van der Waals surface area contributed by atoms with Gasteiger partial charge in [0.05, 0.1) is 0 Å².